The van der Waals surface area contributed by atoms with Crippen molar-refractivity contribution in [3.63, 3.8) is 0 Å². The molecule has 0 radical (unpaired) electrons. The summed E-state index contributed by atoms with van der Waals surface area (Å²) in [5.74, 6) is 0.492. The van der Waals surface area contributed by atoms with E-state index in [0.29, 0.717) is 11.6 Å². The Morgan fingerprint density at radius 3 is 2.54 bits per heavy atom. The van der Waals surface area contributed by atoms with Crippen LogP contribution in [0.1, 0.15) is 32.6 Å². The second-order valence-electron chi connectivity index (χ2n) is 6.20. The van der Waals surface area contributed by atoms with E-state index in [0.717, 1.165) is 30.9 Å². The molecule has 6 heteroatoms. The number of aliphatic imine (C=N–C) groups is 1. The highest BCUT2D eigenvalue weighted by molar-refractivity contribution is 7.11. The van der Waals surface area contributed by atoms with Crippen LogP contribution in [0.4, 0.5) is 0 Å². The summed E-state index contributed by atoms with van der Waals surface area (Å²) >= 11 is 1.84. The molecule has 2 rings (SSSR count). The van der Waals surface area contributed by atoms with Gasteiger partial charge in [0, 0.05) is 35.8 Å². The molecule has 1 aromatic carbocycles. The third-order valence-corrected chi connectivity index (χ3v) is 5.01. The minimum atomic E-state index is -0.311. The standard InChI is InChI=1S/C20H27N3O2S/c1-14(13-18-10-5-15(2)26-18)23-20(21-3)22-12-11-16-6-8-17(9-7-16)19(24)25-4/h5-10,14H,11-13H2,1-4H3,(H2,21,22,23). The van der Waals surface area contributed by atoms with Gasteiger partial charge >= 0.3 is 5.97 Å². The highest BCUT2D eigenvalue weighted by Gasteiger charge is 2.08. The van der Waals surface area contributed by atoms with E-state index < -0.39 is 0 Å². The second kappa shape index (κ2) is 9.97. The van der Waals surface area contributed by atoms with Crippen LogP contribution in [0, 0.1) is 6.92 Å². The van der Waals surface area contributed by atoms with E-state index in [-0.39, 0.29) is 5.97 Å². The molecular formula is C20H27N3O2S. The van der Waals surface area contributed by atoms with Crippen molar-refractivity contribution < 1.29 is 9.53 Å². The Kier molecular flexibility index (Phi) is 7.66. The summed E-state index contributed by atoms with van der Waals surface area (Å²) in [5.41, 5.74) is 1.72. The maximum absolute atomic E-state index is 11.4. The number of hydrogen-bond donors (Lipinski definition) is 2. The summed E-state index contributed by atoms with van der Waals surface area (Å²) in [7, 11) is 3.17. The van der Waals surface area contributed by atoms with Gasteiger partial charge in [-0.15, -0.1) is 11.3 Å². The number of guanidine groups is 1. The summed E-state index contributed by atoms with van der Waals surface area (Å²) in [6.07, 6.45) is 1.83. The highest BCUT2D eigenvalue weighted by Crippen LogP contribution is 2.16. The molecule has 1 unspecified atom stereocenters. The zero-order valence-corrected chi connectivity index (χ0v) is 16.7. The van der Waals surface area contributed by atoms with Gasteiger partial charge < -0.3 is 15.4 Å². The van der Waals surface area contributed by atoms with Crippen molar-refractivity contribution in [1.29, 1.82) is 0 Å². The lowest BCUT2D eigenvalue weighted by molar-refractivity contribution is 0.0600. The Hall–Kier alpha value is -2.34. The lowest BCUT2D eigenvalue weighted by atomic mass is 10.1. The van der Waals surface area contributed by atoms with E-state index in [9.17, 15) is 4.79 Å². The fourth-order valence-corrected chi connectivity index (χ4v) is 3.65. The maximum Gasteiger partial charge on any atom is 0.337 e. The van der Waals surface area contributed by atoms with Crippen molar-refractivity contribution in [2.75, 3.05) is 20.7 Å². The first-order valence-electron chi connectivity index (χ1n) is 8.71. The van der Waals surface area contributed by atoms with Crippen LogP contribution in [0.2, 0.25) is 0 Å². The van der Waals surface area contributed by atoms with Crippen molar-refractivity contribution in [2.45, 2.75) is 32.7 Å². The molecular weight excluding hydrogens is 346 g/mol. The Morgan fingerprint density at radius 2 is 1.96 bits per heavy atom. The van der Waals surface area contributed by atoms with Gasteiger partial charge in [-0.25, -0.2) is 4.79 Å². The van der Waals surface area contributed by atoms with E-state index in [1.165, 1.54) is 16.9 Å². The first-order valence-corrected chi connectivity index (χ1v) is 9.53. The molecule has 0 aliphatic carbocycles. The zero-order chi connectivity index (χ0) is 18.9. The zero-order valence-electron chi connectivity index (χ0n) is 15.8. The molecule has 2 aromatic rings. The van der Waals surface area contributed by atoms with Crippen LogP contribution >= 0.6 is 11.3 Å². The average molecular weight is 374 g/mol. The summed E-state index contributed by atoms with van der Waals surface area (Å²) < 4.78 is 4.71. The van der Waals surface area contributed by atoms with Crippen LogP contribution in [0.15, 0.2) is 41.4 Å². The summed E-state index contributed by atoms with van der Waals surface area (Å²) in [6.45, 7) is 5.06. The molecule has 1 heterocycles. The number of nitrogens with one attached hydrogen (secondary N) is 2. The van der Waals surface area contributed by atoms with Gasteiger partial charge in [0.2, 0.25) is 0 Å². The minimum absolute atomic E-state index is 0.304. The number of benzene rings is 1. The predicted octanol–water partition coefficient (Wildman–Crippen LogP) is 3.18. The lowest BCUT2D eigenvalue weighted by Gasteiger charge is -2.17. The average Bonchev–Trinajstić information content (AvgIpc) is 3.05. The third-order valence-electron chi connectivity index (χ3n) is 3.99. The molecule has 0 saturated heterocycles. The molecule has 1 atom stereocenters. The van der Waals surface area contributed by atoms with Crippen molar-refractivity contribution in [2.24, 2.45) is 4.99 Å². The Morgan fingerprint density at radius 1 is 1.23 bits per heavy atom. The Bertz CT molecular complexity index is 738. The summed E-state index contributed by atoms with van der Waals surface area (Å²) in [5, 5.41) is 6.77. The van der Waals surface area contributed by atoms with E-state index in [1.807, 2.05) is 23.5 Å². The van der Waals surface area contributed by atoms with Crippen molar-refractivity contribution >= 4 is 23.3 Å². The molecule has 2 N–H and O–H groups in total. The van der Waals surface area contributed by atoms with Crippen LogP contribution < -0.4 is 10.6 Å². The molecule has 0 spiro atoms. The Balaban J connectivity index is 1.77. The number of methoxy groups -OCH3 is 1. The van der Waals surface area contributed by atoms with E-state index in [2.05, 4.69) is 41.6 Å². The monoisotopic (exact) mass is 373 g/mol. The van der Waals surface area contributed by atoms with E-state index in [4.69, 9.17) is 4.74 Å². The summed E-state index contributed by atoms with van der Waals surface area (Å²) in [4.78, 5) is 18.5. The number of hydrogen-bond acceptors (Lipinski definition) is 4. The van der Waals surface area contributed by atoms with Gasteiger partial charge in [-0.3, -0.25) is 4.99 Å². The van der Waals surface area contributed by atoms with Gasteiger partial charge in [0.15, 0.2) is 5.96 Å². The minimum Gasteiger partial charge on any atom is -0.465 e. The van der Waals surface area contributed by atoms with Gasteiger partial charge in [0.25, 0.3) is 0 Å². The van der Waals surface area contributed by atoms with Gasteiger partial charge in [0.05, 0.1) is 12.7 Å². The smallest absolute Gasteiger partial charge is 0.337 e. The first kappa shape index (κ1) is 20.0. The predicted molar refractivity (Wildman–Crippen MR) is 108 cm³/mol. The van der Waals surface area contributed by atoms with Crippen LogP contribution in [-0.2, 0) is 17.6 Å². The topological polar surface area (TPSA) is 62.7 Å². The van der Waals surface area contributed by atoms with Crippen molar-refractivity contribution in [1.82, 2.24) is 10.6 Å². The molecule has 5 nitrogen and oxygen atoms in total. The van der Waals surface area contributed by atoms with Gasteiger partial charge in [0.1, 0.15) is 0 Å². The number of rotatable bonds is 7. The van der Waals surface area contributed by atoms with E-state index >= 15 is 0 Å². The van der Waals surface area contributed by atoms with Gasteiger partial charge in [-0.2, -0.15) is 0 Å². The third kappa shape index (κ3) is 6.19. The normalized spacial score (nSPS) is 12.5. The number of nitrogens with zero attached hydrogens (tertiary/aromatic N) is 1. The van der Waals surface area contributed by atoms with E-state index in [1.54, 1.807) is 19.2 Å². The molecule has 0 saturated carbocycles. The fraction of sp³-hybridized carbons (Fsp3) is 0.400. The first-order chi connectivity index (χ1) is 12.5. The molecule has 1 aromatic heterocycles. The largest absolute Gasteiger partial charge is 0.465 e. The lowest BCUT2D eigenvalue weighted by Crippen LogP contribution is -2.43. The van der Waals surface area contributed by atoms with Crippen LogP contribution in [-0.4, -0.2) is 38.7 Å². The number of carbonyl (C=O) groups excluding carboxylic acids is 1. The number of carbonyl (C=O) groups is 1. The maximum atomic E-state index is 11.4. The molecule has 0 fully saturated rings. The molecule has 0 amide bonds. The summed E-state index contributed by atoms with van der Waals surface area (Å²) in [6, 6.07) is 12.1. The Labute approximate surface area is 159 Å². The number of thiophene rings is 1. The number of esters is 1. The van der Waals surface area contributed by atoms with Crippen LogP contribution in [0.5, 0.6) is 0 Å². The number of ether oxygens (including phenoxy) is 1. The van der Waals surface area contributed by atoms with Crippen molar-refractivity contribution in [3.05, 3.63) is 57.3 Å². The quantitative estimate of drug-likeness (QED) is 0.444. The van der Waals surface area contributed by atoms with Gasteiger partial charge in [-0.05, 0) is 50.1 Å². The highest BCUT2D eigenvalue weighted by atomic mass is 32.1. The molecule has 0 bridgehead atoms. The van der Waals surface area contributed by atoms with Crippen LogP contribution in [0.3, 0.4) is 0 Å². The molecule has 26 heavy (non-hydrogen) atoms. The van der Waals surface area contributed by atoms with Crippen molar-refractivity contribution in [3.8, 4) is 0 Å². The van der Waals surface area contributed by atoms with Crippen LogP contribution in [0.25, 0.3) is 0 Å². The second-order valence-corrected chi connectivity index (χ2v) is 7.57. The molecule has 140 valence electrons. The molecule has 0 aliphatic heterocycles. The SMILES string of the molecule is CN=C(NCCc1ccc(C(=O)OC)cc1)NC(C)Cc1ccc(C)s1. The molecule has 0 aliphatic rings. The number of aryl methyl sites for hydroxylation is 1. The van der Waals surface area contributed by atoms with Gasteiger partial charge in [-0.1, -0.05) is 12.1 Å². The fourth-order valence-electron chi connectivity index (χ4n) is 2.63.